The average Bonchev–Trinajstić information content (AvgIpc) is 2.77. The highest BCUT2D eigenvalue weighted by atomic mass is 32.2. The van der Waals surface area contributed by atoms with Crippen LogP contribution in [0.25, 0.3) is 0 Å². The average molecular weight is 468 g/mol. The summed E-state index contributed by atoms with van der Waals surface area (Å²) in [6.07, 6.45) is 0. The summed E-state index contributed by atoms with van der Waals surface area (Å²) in [5.41, 5.74) is 4.26. The van der Waals surface area contributed by atoms with Crippen LogP contribution in [0.3, 0.4) is 0 Å². The van der Waals surface area contributed by atoms with Crippen LogP contribution >= 0.6 is 0 Å². The van der Waals surface area contributed by atoms with Crippen molar-refractivity contribution in [2.75, 3.05) is 0 Å². The minimum Gasteiger partial charge on any atom is -0.207 e. The molecule has 1 unspecified atom stereocenters. The number of hydrogen-bond donors (Lipinski definition) is 1. The Labute approximate surface area is 198 Å². The molecule has 0 radical (unpaired) electrons. The highest BCUT2D eigenvalue weighted by Gasteiger charge is 2.30. The zero-order valence-electron chi connectivity index (χ0n) is 20.3. The molecule has 0 aromatic heterocycles. The Morgan fingerprint density at radius 3 is 1.61 bits per heavy atom. The lowest BCUT2D eigenvalue weighted by molar-refractivity contribution is 0.566. The summed E-state index contributed by atoms with van der Waals surface area (Å²) in [4.78, 5) is 0.361. The maximum absolute atomic E-state index is 14.0. The molecule has 0 bridgehead atoms. The largest absolute Gasteiger partial charge is 0.242 e. The lowest BCUT2D eigenvalue weighted by Crippen LogP contribution is -2.31. The van der Waals surface area contributed by atoms with Crippen molar-refractivity contribution in [2.45, 2.75) is 70.2 Å². The summed E-state index contributed by atoms with van der Waals surface area (Å²) in [5.74, 6) is 0.00502. The molecule has 0 amide bonds. The van der Waals surface area contributed by atoms with Gasteiger partial charge >= 0.3 is 0 Å². The maximum atomic E-state index is 14.0. The molecule has 0 aliphatic heterocycles. The van der Waals surface area contributed by atoms with E-state index >= 15 is 0 Å². The van der Waals surface area contributed by atoms with Crippen LogP contribution in [0.5, 0.6) is 0 Å². The standard InChI is InChI=1S/C28H34FNO2S/c1-18(2)23-16-25(19(3)4)28(26(17-23)20(5)6)33(31,32)30-27(21-10-8-7-9-11-21)22-12-14-24(29)15-13-22/h7-20,27,30H,1-6H3. The van der Waals surface area contributed by atoms with Gasteiger partial charge in [0.25, 0.3) is 0 Å². The number of rotatable bonds is 8. The fourth-order valence-corrected chi connectivity index (χ4v) is 5.95. The van der Waals surface area contributed by atoms with Crippen LogP contribution in [-0.4, -0.2) is 8.42 Å². The fourth-order valence-electron chi connectivity index (χ4n) is 4.04. The Kier molecular flexibility index (Phi) is 7.76. The number of sulfonamides is 1. The third kappa shape index (κ3) is 5.71. The molecule has 1 N–H and O–H groups in total. The molecule has 3 rings (SSSR count). The summed E-state index contributed by atoms with van der Waals surface area (Å²) < 4.78 is 44.6. The molecular formula is C28H34FNO2S. The molecule has 0 saturated carbocycles. The first-order chi connectivity index (χ1) is 15.5. The second-order valence-electron chi connectivity index (χ2n) is 9.51. The van der Waals surface area contributed by atoms with Gasteiger partial charge in [0.15, 0.2) is 0 Å². The van der Waals surface area contributed by atoms with Crippen LogP contribution in [0.1, 0.15) is 93.2 Å². The Morgan fingerprint density at radius 2 is 1.15 bits per heavy atom. The monoisotopic (exact) mass is 467 g/mol. The molecule has 0 heterocycles. The van der Waals surface area contributed by atoms with Gasteiger partial charge in [-0.05, 0) is 57.7 Å². The lowest BCUT2D eigenvalue weighted by Gasteiger charge is -2.26. The van der Waals surface area contributed by atoms with Crippen molar-refractivity contribution in [2.24, 2.45) is 0 Å². The molecule has 3 aromatic carbocycles. The van der Waals surface area contributed by atoms with Crippen LogP contribution < -0.4 is 4.72 Å². The fraction of sp³-hybridized carbons (Fsp3) is 0.357. The number of halogens is 1. The Hall–Kier alpha value is -2.50. The topological polar surface area (TPSA) is 46.2 Å². The molecule has 0 fully saturated rings. The number of nitrogens with one attached hydrogen (secondary N) is 1. The van der Waals surface area contributed by atoms with Gasteiger partial charge in [0.05, 0.1) is 10.9 Å². The van der Waals surface area contributed by atoms with E-state index in [4.69, 9.17) is 0 Å². The van der Waals surface area contributed by atoms with Crippen molar-refractivity contribution in [3.05, 3.63) is 100 Å². The first-order valence-corrected chi connectivity index (χ1v) is 13.0. The van der Waals surface area contributed by atoms with Crippen molar-refractivity contribution >= 4 is 10.0 Å². The molecule has 0 spiro atoms. The van der Waals surface area contributed by atoms with Crippen LogP contribution in [-0.2, 0) is 10.0 Å². The van der Waals surface area contributed by atoms with Gasteiger partial charge in [0, 0.05) is 0 Å². The van der Waals surface area contributed by atoms with Crippen molar-refractivity contribution < 1.29 is 12.8 Å². The van der Waals surface area contributed by atoms with Crippen molar-refractivity contribution in [3.8, 4) is 0 Å². The summed E-state index contributed by atoms with van der Waals surface area (Å²) in [5, 5.41) is 0. The van der Waals surface area contributed by atoms with E-state index in [1.165, 1.54) is 12.1 Å². The van der Waals surface area contributed by atoms with Gasteiger partial charge in [-0.1, -0.05) is 96.1 Å². The van der Waals surface area contributed by atoms with E-state index in [-0.39, 0.29) is 17.7 Å². The number of benzene rings is 3. The summed E-state index contributed by atoms with van der Waals surface area (Å²) in [6, 6.07) is 18.8. The van der Waals surface area contributed by atoms with Gasteiger partial charge in [-0.15, -0.1) is 0 Å². The second kappa shape index (κ2) is 10.2. The van der Waals surface area contributed by atoms with E-state index < -0.39 is 16.1 Å². The van der Waals surface area contributed by atoms with Gasteiger partial charge in [-0.2, -0.15) is 4.72 Å². The molecule has 0 aliphatic rings. The van der Waals surface area contributed by atoms with Crippen molar-refractivity contribution in [3.63, 3.8) is 0 Å². The minimum atomic E-state index is -3.90. The van der Waals surface area contributed by atoms with Gasteiger partial charge in [-0.3, -0.25) is 0 Å². The molecule has 1 atom stereocenters. The minimum absolute atomic E-state index is 0.0359. The highest BCUT2D eigenvalue weighted by molar-refractivity contribution is 7.89. The van der Waals surface area contributed by atoms with Crippen LogP contribution in [0.15, 0.2) is 71.6 Å². The highest BCUT2D eigenvalue weighted by Crippen LogP contribution is 2.36. The van der Waals surface area contributed by atoms with Crippen molar-refractivity contribution in [1.29, 1.82) is 0 Å². The summed E-state index contributed by atoms with van der Waals surface area (Å²) >= 11 is 0. The van der Waals surface area contributed by atoms with Gasteiger partial charge in [-0.25, -0.2) is 12.8 Å². The summed E-state index contributed by atoms with van der Waals surface area (Å²) in [6.45, 7) is 12.3. The Bertz CT molecular complexity index is 1160. The SMILES string of the molecule is CC(C)c1cc(C(C)C)c(S(=O)(=O)NC(c2ccccc2)c2ccc(F)cc2)c(C(C)C)c1. The van der Waals surface area contributed by atoms with E-state index in [0.29, 0.717) is 16.4 Å². The van der Waals surface area contributed by atoms with Crippen LogP contribution in [0, 0.1) is 5.82 Å². The van der Waals surface area contributed by atoms with Crippen molar-refractivity contribution in [1.82, 2.24) is 4.72 Å². The Balaban J connectivity index is 2.20. The van der Waals surface area contributed by atoms with E-state index in [9.17, 15) is 12.8 Å². The van der Waals surface area contributed by atoms with Gasteiger partial charge in [0.1, 0.15) is 5.82 Å². The quantitative estimate of drug-likeness (QED) is 0.379. The molecule has 0 saturated heterocycles. The third-order valence-corrected chi connectivity index (χ3v) is 7.51. The first kappa shape index (κ1) is 25.1. The smallest absolute Gasteiger partial charge is 0.207 e. The molecule has 0 aliphatic carbocycles. The van der Waals surface area contributed by atoms with E-state index in [0.717, 1.165) is 22.3 Å². The second-order valence-corrected chi connectivity index (χ2v) is 11.2. The normalized spacial score (nSPS) is 13.2. The van der Waals surface area contributed by atoms with E-state index in [1.807, 2.05) is 70.2 Å². The molecule has 176 valence electrons. The Morgan fingerprint density at radius 1 is 0.667 bits per heavy atom. The van der Waals surface area contributed by atoms with Gasteiger partial charge in [0.2, 0.25) is 10.0 Å². The predicted molar refractivity (Wildman–Crippen MR) is 134 cm³/mol. The van der Waals surface area contributed by atoms with Crippen LogP contribution in [0.4, 0.5) is 4.39 Å². The van der Waals surface area contributed by atoms with E-state index in [1.54, 1.807) is 12.1 Å². The predicted octanol–water partition coefficient (Wildman–Crippen LogP) is 7.26. The third-order valence-electron chi connectivity index (χ3n) is 5.96. The molecular weight excluding hydrogens is 433 g/mol. The molecule has 5 heteroatoms. The molecule has 3 aromatic rings. The van der Waals surface area contributed by atoms with Crippen LogP contribution in [0.2, 0.25) is 0 Å². The lowest BCUT2D eigenvalue weighted by atomic mass is 9.89. The number of hydrogen-bond acceptors (Lipinski definition) is 2. The zero-order chi connectivity index (χ0) is 24.3. The summed E-state index contributed by atoms with van der Waals surface area (Å²) in [7, 11) is -3.90. The molecule has 3 nitrogen and oxygen atoms in total. The van der Waals surface area contributed by atoms with E-state index in [2.05, 4.69) is 18.6 Å². The maximum Gasteiger partial charge on any atom is 0.242 e. The van der Waals surface area contributed by atoms with Gasteiger partial charge < -0.3 is 0 Å². The zero-order valence-corrected chi connectivity index (χ0v) is 21.1. The molecule has 33 heavy (non-hydrogen) atoms. The first-order valence-electron chi connectivity index (χ1n) is 11.5.